The second-order valence-electron chi connectivity index (χ2n) is 5.83. The number of methoxy groups -OCH3 is 1. The standard InChI is InChI=1S/C20H17N3O2/c1-13-10-15(25-2)11-17(24)19(13)20-16(14-6-4-3-5-7-14)12-21-18-8-9-22-23(18)20/h3-12,24H,1-2H3. The molecule has 5 heteroatoms. The third kappa shape index (κ3) is 2.50. The molecule has 2 heterocycles. The molecular weight excluding hydrogens is 314 g/mol. The highest BCUT2D eigenvalue weighted by Gasteiger charge is 2.19. The molecule has 4 rings (SSSR count). The van der Waals surface area contributed by atoms with E-state index in [9.17, 15) is 5.11 Å². The van der Waals surface area contributed by atoms with Gasteiger partial charge in [0.15, 0.2) is 5.65 Å². The van der Waals surface area contributed by atoms with Crippen LogP contribution in [0, 0.1) is 6.92 Å². The predicted molar refractivity (Wildman–Crippen MR) is 96.8 cm³/mol. The number of ether oxygens (including phenoxy) is 1. The Labute approximate surface area is 145 Å². The molecule has 124 valence electrons. The SMILES string of the molecule is COc1cc(C)c(-c2c(-c3ccccc3)cnc3ccnn23)c(O)c1. The van der Waals surface area contributed by atoms with Crippen LogP contribution in [0.15, 0.2) is 60.9 Å². The van der Waals surface area contributed by atoms with Gasteiger partial charge < -0.3 is 9.84 Å². The van der Waals surface area contributed by atoms with Crippen LogP contribution in [0.3, 0.4) is 0 Å². The van der Waals surface area contributed by atoms with Crippen LogP contribution in [0.25, 0.3) is 28.0 Å². The maximum atomic E-state index is 10.7. The zero-order valence-electron chi connectivity index (χ0n) is 14.0. The Morgan fingerprint density at radius 3 is 2.60 bits per heavy atom. The Balaban J connectivity index is 2.09. The summed E-state index contributed by atoms with van der Waals surface area (Å²) in [5, 5.41) is 15.1. The van der Waals surface area contributed by atoms with Crippen LogP contribution < -0.4 is 4.74 Å². The second-order valence-corrected chi connectivity index (χ2v) is 5.83. The number of aromatic nitrogens is 3. The molecule has 0 aliphatic carbocycles. The molecule has 25 heavy (non-hydrogen) atoms. The Morgan fingerprint density at radius 2 is 1.88 bits per heavy atom. The number of hydrogen-bond donors (Lipinski definition) is 1. The number of benzene rings is 2. The Hall–Kier alpha value is -3.34. The molecule has 1 N–H and O–H groups in total. The van der Waals surface area contributed by atoms with Crippen LogP contribution in [0.4, 0.5) is 0 Å². The van der Waals surface area contributed by atoms with E-state index in [1.54, 1.807) is 23.9 Å². The van der Waals surface area contributed by atoms with Crippen LogP contribution in [0.5, 0.6) is 11.5 Å². The second kappa shape index (κ2) is 5.94. The van der Waals surface area contributed by atoms with E-state index >= 15 is 0 Å². The van der Waals surface area contributed by atoms with E-state index in [-0.39, 0.29) is 5.75 Å². The van der Waals surface area contributed by atoms with Crippen molar-refractivity contribution in [3.05, 3.63) is 66.5 Å². The van der Waals surface area contributed by atoms with Crippen molar-refractivity contribution in [3.8, 4) is 33.9 Å². The third-order valence-corrected chi connectivity index (χ3v) is 4.26. The van der Waals surface area contributed by atoms with Crippen molar-refractivity contribution in [2.24, 2.45) is 0 Å². The molecule has 0 radical (unpaired) electrons. The van der Waals surface area contributed by atoms with Crippen molar-refractivity contribution < 1.29 is 9.84 Å². The lowest BCUT2D eigenvalue weighted by atomic mass is 9.96. The van der Waals surface area contributed by atoms with Gasteiger partial charge in [-0.25, -0.2) is 9.50 Å². The fourth-order valence-electron chi connectivity index (χ4n) is 3.10. The summed E-state index contributed by atoms with van der Waals surface area (Å²) in [5.74, 6) is 0.766. The smallest absolute Gasteiger partial charge is 0.155 e. The van der Waals surface area contributed by atoms with Crippen LogP contribution >= 0.6 is 0 Å². The van der Waals surface area contributed by atoms with Crippen molar-refractivity contribution in [1.82, 2.24) is 14.6 Å². The summed E-state index contributed by atoms with van der Waals surface area (Å²) in [4.78, 5) is 4.49. The molecule has 0 spiro atoms. The first kappa shape index (κ1) is 15.2. The molecule has 0 bridgehead atoms. The van der Waals surface area contributed by atoms with Crippen molar-refractivity contribution in [2.75, 3.05) is 7.11 Å². The number of phenolic OH excluding ortho intramolecular Hbond substituents is 1. The molecule has 0 saturated heterocycles. The molecule has 0 aliphatic rings. The fourth-order valence-corrected chi connectivity index (χ4v) is 3.10. The van der Waals surface area contributed by atoms with Gasteiger partial charge in [-0.15, -0.1) is 0 Å². The molecule has 0 fully saturated rings. The predicted octanol–water partition coefficient (Wildman–Crippen LogP) is 4.09. The van der Waals surface area contributed by atoms with Gasteiger partial charge >= 0.3 is 0 Å². The van der Waals surface area contributed by atoms with Gasteiger partial charge in [0.1, 0.15) is 11.5 Å². The summed E-state index contributed by atoms with van der Waals surface area (Å²) in [7, 11) is 1.58. The zero-order chi connectivity index (χ0) is 17.4. The summed E-state index contributed by atoms with van der Waals surface area (Å²) in [6.45, 7) is 1.95. The summed E-state index contributed by atoms with van der Waals surface area (Å²) >= 11 is 0. The number of nitrogens with zero attached hydrogens (tertiary/aromatic N) is 3. The van der Waals surface area contributed by atoms with Crippen LogP contribution in [0.1, 0.15) is 5.56 Å². The summed E-state index contributed by atoms with van der Waals surface area (Å²) in [6, 6.07) is 15.3. The van der Waals surface area contributed by atoms with E-state index in [0.29, 0.717) is 5.75 Å². The van der Waals surface area contributed by atoms with Crippen molar-refractivity contribution in [3.63, 3.8) is 0 Å². The van der Waals surface area contributed by atoms with Gasteiger partial charge in [-0.1, -0.05) is 30.3 Å². The van der Waals surface area contributed by atoms with Crippen LogP contribution in [-0.2, 0) is 0 Å². The monoisotopic (exact) mass is 331 g/mol. The third-order valence-electron chi connectivity index (χ3n) is 4.26. The quantitative estimate of drug-likeness (QED) is 0.614. The zero-order valence-corrected chi connectivity index (χ0v) is 14.0. The first-order valence-corrected chi connectivity index (χ1v) is 7.95. The van der Waals surface area contributed by atoms with Gasteiger partial charge in [0, 0.05) is 29.5 Å². The largest absolute Gasteiger partial charge is 0.507 e. The minimum Gasteiger partial charge on any atom is -0.507 e. The number of aromatic hydroxyl groups is 1. The molecule has 2 aromatic heterocycles. The highest BCUT2D eigenvalue weighted by Crippen LogP contribution is 2.40. The lowest BCUT2D eigenvalue weighted by Gasteiger charge is -2.16. The van der Waals surface area contributed by atoms with Gasteiger partial charge in [-0.05, 0) is 24.1 Å². The van der Waals surface area contributed by atoms with E-state index in [2.05, 4.69) is 10.1 Å². The Kier molecular flexibility index (Phi) is 3.61. The van der Waals surface area contributed by atoms with Crippen molar-refractivity contribution >= 4 is 5.65 Å². The number of fused-ring (bicyclic) bond motifs is 1. The number of hydrogen-bond acceptors (Lipinski definition) is 4. The Bertz CT molecular complexity index is 1030. The number of rotatable bonds is 3. The van der Waals surface area contributed by atoms with Crippen molar-refractivity contribution in [1.29, 1.82) is 0 Å². The molecule has 2 aromatic carbocycles. The average molecular weight is 331 g/mol. The van der Waals surface area contributed by atoms with Crippen LogP contribution in [0.2, 0.25) is 0 Å². The summed E-state index contributed by atoms with van der Waals surface area (Å²) < 4.78 is 7.02. The first-order chi connectivity index (χ1) is 12.2. The van der Waals surface area contributed by atoms with Crippen LogP contribution in [-0.4, -0.2) is 26.8 Å². The lowest BCUT2D eigenvalue weighted by molar-refractivity contribution is 0.407. The minimum atomic E-state index is 0.150. The normalized spacial score (nSPS) is 11.0. The van der Waals surface area contributed by atoms with E-state index in [4.69, 9.17) is 4.74 Å². The van der Waals surface area contributed by atoms with Gasteiger partial charge in [0.2, 0.25) is 0 Å². The maximum Gasteiger partial charge on any atom is 0.155 e. The molecule has 0 aliphatic heterocycles. The molecule has 5 nitrogen and oxygen atoms in total. The van der Waals surface area contributed by atoms with Gasteiger partial charge in [0.05, 0.1) is 19.0 Å². The number of aryl methyl sites for hydroxylation is 1. The number of phenols is 1. The van der Waals surface area contributed by atoms with E-state index in [1.165, 1.54) is 0 Å². The van der Waals surface area contributed by atoms with Gasteiger partial charge in [-0.3, -0.25) is 0 Å². The summed E-state index contributed by atoms with van der Waals surface area (Å²) in [5.41, 5.74) is 5.06. The van der Waals surface area contributed by atoms with E-state index in [0.717, 1.165) is 33.6 Å². The van der Waals surface area contributed by atoms with Gasteiger partial charge in [-0.2, -0.15) is 5.10 Å². The molecule has 4 aromatic rings. The average Bonchev–Trinajstić information content (AvgIpc) is 3.10. The van der Waals surface area contributed by atoms with E-state index in [1.807, 2.05) is 55.6 Å². The van der Waals surface area contributed by atoms with Crippen molar-refractivity contribution in [2.45, 2.75) is 6.92 Å². The van der Waals surface area contributed by atoms with Gasteiger partial charge in [0.25, 0.3) is 0 Å². The van der Waals surface area contributed by atoms with E-state index < -0.39 is 0 Å². The lowest BCUT2D eigenvalue weighted by Crippen LogP contribution is -2.01. The molecule has 0 amide bonds. The maximum absolute atomic E-state index is 10.7. The highest BCUT2D eigenvalue weighted by atomic mass is 16.5. The minimum absolute atomic E-state index is 0.150. The highest BCUT2D eigenvalue weighted by molar-refractivity contribution is 5.86. The topological polar surface area (TPSA) is 59.7 Å². The molecule has 0 saturated carbocycles. The Morgan fingerprint density at radius 1 is 1.08 bits per heavy atom. The molecule has 0 unspecified atom stereocenters. The fraction of sp³-hybridized carbons (Fsp3) is 0.100. The molecular formula is C20H17N3O2. The summed E-state index contributed by atoms with van der Waals surface area (Å²) in [6.07, 6.45) is 3.53. The molecule has 0 atom stereocenters. The first-order valence-electron chi connectivity index (χ1n) is 7.95.